The van der Waals surface area contributed by atoms with Gasteiger partial charge in [-0.25, -0.2) is 8.42 Å². The van der Waals surface area contributed by atoms with Crippen LogP contribution >= 0.6 is 11.3 Å². The lowest BCUT2D eigenvalue weighted by atomic mass is 10.3. The van der Waals surface area contributed by atoms with Gasteiger partial charge in [-0.05, 0) is 30.3 Å². The van der Waals surface area contributed by atoms with E-state index >= 15 is 0 Å². The van der Waals surface area contributed by atoms with Gasteiger partial charge in [0.15, 0.2) is 5.01 Å². The summed E-state index contributed by atoms with van der Waals surface area (Å²) < 4.78 is 65.6. The molecule has 0 aliphatic heterocycles. The van der Waals surface area contributed by atoms with Crippen LogP contribution in [0.1, 0.15) is 5.01 Å². The van der Waals surface area contributed by atoms with E-state index in [2.05, 4.69) is 19.9 Å². The number of rotatable bonds is 5. The minimum atomic E-state index is -4.88. The maximum Gasteiger partial charge on any atom is 0.573 e. The van der Waals surface area contributed by atoms with Crippen LogP contribution in [0.3, 0.4) is 0 Å². The molecule has 0 unspecified atom stereocenters. The Kier molecular flexibility index (Phi) is 5.23. The van der Waals surface area contributed by atoms with Crippen LogP contribution in [0, 0.1) is 0 Å². The second kappa shape index (κ2) is 7.33. The van der Waals surface area contributed by atoms with Crippen molar-refractivity contribution in [2.24, 2.45) is 0 Å². The number of nitrogens with two attached hydrogens (primary N) is 1. The van der Waals surface area contributed by atoms with Gasteiger partial charge < -0.3 is 15.6 Å². The third-order valence-corrected chi connectivity index (χ3v) is 6.03. The number of benzene rings is 1. The van der Waals surface area contributed by atoms with Crippen molar-refractivity contribution in [3.05, 3.63) is 41.5 Å². The van der Waals surface area contributed by atoms with Gasteiger partial charge in [0.2, 0.25) is 9.84 Å². The van der Waals surface area contributed by atoms with E-state index < -0.39 is 21.9 Å². The Hall–Kier alpha value is -2.77. The summed E-state index contributed by atoms with van der Waals surface area (Å²) in [5.74, 6) is -0.546. The Bertz CT molecular complexity index is 1100. The number of aromatic nitrogens is 3. The molecule has 0 aliphatic rings. The van der Waals surface area contributed by atoms with Crippen LogP contribution in [0.2, 0.25) is 0 Å². The summed E-state index contributed by atoms with van der Waals surface area (Å²) in [6.45, 7) is -0.307. The third-order valence-electron chi connectivity index (χ3n) is 3.37. The summed E-state index contributed by atoms with van der Waals surface area (Å²) in [5.41, 5.74) is 6.09. The van der Waals surface area contributed by atoms with Crippen LogP contribution in [0.25, 0.3) is 10.7 Å². The summed E-state index contributed by atoms with van der Waals surface area (Å²) >= 11 is 1.05. The van der Waals surface area contributed by atoms with Gasteiger partial charge in [0.1, 0.15) is 16.5 Å². The summed E-state index contributed by atoms with van der Waals surface area (Å²) in [6, 6.07) is 4.92. The first-order chi connectivity index (χ1) is 13.1. The number of ether oxygens (including phenoxy) is 1. The minimum absolute atomic E-state index is 0.0127. The SMILES string of the molecule is Nc1cc(S(=O)(=O)c2ccc(OC(F)(F)F)cc2)cnc1-c1nnc(CO)s1. The van der Waals surface area contributed by atoms with E-state index in [9.17, 15) is 21.6 Å². The Morgan fingerprint density at radius 2 is 1.82 bits per heavy atom. The van der Waals surface area contributed by atoms with Crippen molar-refractivity contribution in [2.45, 2.75) is 22.8 Å². The molecule has 0 radical (unpaired) electrons. The zero-order chi connectivity index (χ0) is 20.5. The molecular weight excluding hydrogens is 421 g/mol. The molecule has 0 saturated heterocycles. The molecule has 0 fully saturated rings. The third kappa shape index (κ3) is 4.21. The van der Waals surface area contributed by atoms with E-state index in [4.69, 9.17) is 10.8 Å². The molecule has 0 saturated carbocycles. The zero-order valence-corrected chi connectivity index (χ0v) is 15.3. The molecule has 0 spiro atoms. The molecule has 0 atom stereocenters. The molecule has 0 bridgehead atoms. The molecule has 3 N–H and O–H groups in total. The minimum Gasteiger partial charge on any atom is -0.406 e. The number of aliphatic hydroxyl groups is 1. The van der Waals surface area contributed by atoms with E-state index in [1.807, 2.05) is 0 Å². The number of hydrogen-bond acceptors (Lipinski definition) is 9. The first kappa shape index (κ1) is 20.0. The monoisotopic (exact) mass is 432 g/mol. The van der Waals surface area contributed by atoms with Gasteiger partial charge in [-0.15, -0.1) is 23.4 Å². The maximum absolute atomic E-state index is 12.7. The number of aliphatic hydroxyl groups excluding tert-OH is 1. The van der Waals surface area contributed by atoms with Crippen molar-refractivity contribution < 1.29 is 31.4 Å². The summed E-state index contributed by atoms with van der Waals surface area (Å²) in [5, 5.41) is 17.2. The summed E-state index contributed by atoms with van der Waals surface area (Å²) in [4.78, 5) is 3.50. The van der Waals surface area contributed by atoms with Crippen LogP contribution < -0.4 is 10.5 Å². The standard InChI is InChI=1S/C15H11F3N4O4S2/c16-15(17,18)26-8-1-3-9(4-2-8)28(24,25)10-5-11(19)13(20-6-10)14-22-21-12(7-23)27-14/h1-6,23H,7,19H2. The fourth-order valence-corrected chi connectivity index (χ4v) is 4.12. The van der Waals surface area contributed by atoms with E-state index in [-0.39, 0.29) is 27.8 Å². The Balaban J connectivity index is 1.90. The van der Waals surface area contributed by atoms with Gasteiger partial charge >= 0.3 is 6.36 Å². The van der Waals surface area contributed by atoms with Crippen LogP contribution in [0.15, 0.2) is 46.3 Å². The molecule has 148 valence electrons. The number of nitrogens with zero attached hydrogens (tertiary/aromatic N) is 3. The highest BCUT2D eigenvalue weighted by molar-refractivity contribution is 7.91. The number of anilines is 1. The van der Waals surface area contributed by atoms with Gasteiger partial charge in [0.05, 0.1) is 22.1 Å². The Labute approximate surface area is 160 Å². The molecular formula is C15H11F3N4O4S2. The molecule has 0 aliphatic carbocycles. The molecule has 2 heterocycles. The topological polar surface area (TPSA) is 128 Å². The van der Waals surface area contributed by atoms with Crippen molar-refractivity contribution in [1.29, 1.82) is 0 Å². The lowest BCUT2D eigenvalue weighted by molar-refractivity contribution is -0.274. The van der Waals surface area contributed by atoms with Crippen LogP contribution in [0.4, 0.5) is 18.9 Å². The number of hydrogen-bond donors (Lipinski definition) is 2. The maximum atomic E-state index is 12.7. The zero-order valence-electron chi connectivity index (χ0n) is 13.7. The van der Waals surface area contributed by atoms with Crippen LogP contribution in [-0.2, 0) is 16.4 Å². The highest BCUT2D eigenvalue weighted by atomic mass is 32.2. The van der Waals surface area contributed by atoms with Gasteiger partial charge in [-0.3, -0.25) is 4.98 Å². The largest absolute Gasteiger partial charge is 0.573 e. The first-order valence-electron chi connectivity index (χ1n) is 7.40. The van der Waals surface area contributed by atoms with Gasteiger partial charge in [-0.1, -0.05) is 11.3 Å². The second-order valence-electron chi connectivity index (χ2n) is 5.29. The first-order valence-corrected chi connectivity index (χ1v) is 9.70. The van der Waals surface area contributed by atoms with Crippen molar-refractivity contribution >= 4 is 26.9 Å². The van der Waals surface area contributed by atoms with Gasteiger partial charge in [0.25, 0.3) is 0 Å². The molecule has 0 amide bonds. The lowest BCUT2D eigenvalue weighted by Gasteiger charge is -2.10. The van der Waals surface area contributed by atoms with Crippen molar-refractivity contribution in [2.75, 3.05) is 5.73 Å². The molecule has 3 rings (SSSR count). The highest BCUT2D eigenvalue weighted by Crippen LogP contribution is 2.31. The summed E-state index contributed by atoms with van der Waals surface area (Å²) in [6.07, 6.45) is -3.82. The van der Waals surface area contributed by atoms with E-state index in [0.29, 0.717) is 10.0 Å². The average molecular weight is 432 g/mol. The number of sulfone groups is 1. The van der Waals surface area contributed by atoms with Gasteiger partial charge in [-0.2, -0.15) is 0 Å². The fraction of sp³-hybridized carbons (Fsp3) is 0.133. The van der Waals surface area contributed by atoms with E-state index in [0.717, 1.165) is 47.9 Å². The lowest BCUT2D eigenvalue weighted by Crippen LogP contribution is -2.17. The normalized spacial score (nSPS) is 12.1. The van der Waals surface area contributed by atoms with E-state index in [1.165, 1.54) is 0 Å². The predicted molar refractivity (Wildman–Crippen MR) is 92.1 cm³/mol. The number of alkyl halides is 3. The quantitative estimate of drug-likeness (QED) is 0.629. The Morgan fingerprint density at radius 1 is 1.14 bits per heavy atom. The van der Waals surface area contributed by atoms with Crippen molar-refractivity contribution in [3.8, 4) is 16.5 Å². The molecule has 28 heavy (non-hydrogen) atoms. The molecule has 8 nitrogen and oxygen atoms in total. The van der Waals surface area contributed by atoms with Crippen LogP contribution in [0.5, 0.6) is 5.75 Å². The average Bonchev–Trinajstić information content (AvgIpc) is 3.09. The van der Waals surface area contributed by atoms with Crippen molar-refractivity contribution in [3.63, 3.8) is 0 Å². The van der Waals surface area contributed by atoms with Crippen LogP contribution in [-0.4, -0.2) is 35.1 Å². The Morgan fingerprint density at radius 3 is 2.36 bits per heavy atom. The molecule has 3 aromatic rings. The van der Waals surface area contributed by atoms with Gasteiger partial charge in [0, 0.05) is 6.20 Å². The van der Waals surface area contributed by atoms with Crippen molar-refractivity contribution in [1.82, 2.24) is 15.2 Å². The summed E-state index contributed by atoms with van der Waals surface area (Å²) in [7, 11) is -4.07. The number of nitrogen functional groups attached to an aromatic ring is 1. The number of pyridine rings is 1. The number of halogens is 3. The van der Waals surface area contributed by atoms with E-state index in [1.54, 1.807) is 0 Å². The molecule has 2 aromatic heterocycles. The molecule has 13 heteroatoms. The second-order valence-corrected chi connectivity index (χ2v) is 8.30. The highest BCUT2D eigenvalue weighted by Gasteiger charge is 2.31. The fourth-order valence-electron chi connectivity index (χ4n) is 2.16. The predicted octanol–water partition coefficient (Wildman–Crippen LogP) is 2.41. The smallest absolute Gasteiger partial charge is 0.406 e. The molecule has 1 aromatic carbocycles.